The van der Waals surface area contributed by atoms with Gasteiger partial charge in [-0.15, -0.1) is 0 Å². The number of carbonyl (C=O) groups excluding carboxylic acids is 1. The Morgan fingerprint density at radius 3 is 2.52 bits per heavy atom. The number of hydrogen-bond donors (Lipinski definition) is 2. The van der Waals surface area contributed by atoms with Crippen molar-refractivity contribution in [2.45, 2.75) is 11.8 Å². The van der Waals surface area contributed by atoms with Crippen LogP contribution < -0.4 is 9.79 Å². The summed E-state index contributed by atoms with van der Waals surface area (Å²) in [5, 5.41) is 8.61. The van der Waals surface area contributed by atoms with E-state index < -0.39 is 15.9 Å². The molecule has 0 saturated carbocycles. The Labute approximate surface area is 143 Å². The third kappa shape index (κ3) is 3.06. The summed E-state index contributed by atoms with van der Waals surface area (Å²) in [4.78, 5) is 15.5. The normalized spacial score (nSPS) is 11.5. The number of nitrogens with one attached hydrogen (secondary N) is 1. The Kier molecular flexibility index (Phi) is 4.19. The van der Waals surface area contributed by atoms with E-state index in [1.807, 2.05) is 0 Å². The highest BCUT2D eigenvalue weighted by Crippen LogP contribution is 2.25. The molecule has 3 aromatic rings. The van der Waals surface area contributed by atoms with Gasteiger partial charge in [-0.2, -0.15) is 0 Å². The summed E-state index contributed by atoms with van der Waals surface area (Å²) in [7, 11) is -2.41. The number of fused-ring (bicyclic) bond motifs is 1. The van der Waals surface area contributed by atoms with Crippen LogP contribution >= 0.6 is 0 Å². The first-order valence-electron chi connectivity index (χ1n) is 7.23. The van der Waals surface area contributed by atoms with Crippen molar-refractivity contribution in [3.8, 4) is 0 Å². The molecule has 3 rings (SSSR count). The van der Waals surface area contributed by atoms with Gasteiger partial charge in [-0.3, -0.25) is 14.3 Å². The van der Waals surface area contributed by atoms with Gasteiger partial charge in [0.15, 0.2) is 11.5 Å². The van der Waals surface area contributed by atoms with E-state index in [-0.39, 0.29) is 10.5 Å². The van der Waals surface area contributed by atoms with E-state index in [0.717, 1.165) is 4.31 Å². The first kappa shape index (κ1) is 16.9. The zero-order chi connectivity index (χ0) is 18.2. The van der Waals surface area contributed by atoms with Gasteiger partial charge in [0.05, 0.1) is 10.6 Å². The molecule has 2 aromatic carbocycles. The molecule has 0 unspecified atom stereocenters. The lowest BCUT2D eigenvalue weighted by Gasteiger charge is -2.19. The lowest BCUT2D eigenvalue weighted by Crippen LogP contribution is -2.26. The zero-order valence-corrected chi connectivity index (χ0v) is 14.2. The number of sulfonamides is 1. The van der Waals surface area contributed by atoms with Crippen LogP contribution in [0.1, 0.15) is 16.2 Å². The summed E-state index contributed by atoms with van der Waals surface area (Å²) in [6.07, 6.45) is 0. The van der Waals surface area contributed by atoms with Crippen molar-refractivity contribution < 1.29 is 22.8 Å². The highest BCUT2D eigenvalue weighted by Gasteiger charge is 2.22. The van der Waals surface area contributed by atoms with Crippen LogP contribution in [0.25, 0.3) is 11.1 Å². The van der Waals surface area contributed by atoms with Crippen molar-refractivity contribution >= 4 is 32.7 Å². The van der Waals surface area contributed by atoms with Gasteiger partial charge in [0.1, 0.15) is 5.52 Å². The number of anilines is 1. The Hall–Kier alpha value is -2.91. The fourth-order valence-electron chi connectivity index (χ4n) is 2.36. The fourth-order valence-corrected chi connectivity index (χ4v) is 3.58. The van der Waals surface area contributed by atoms with Crippen LogP contribution in [0.3, 0.4) is 0 Å². The monoisotopic (exact) mass is 361 g/mol. The van der Waals surface area contributed by atoms with E-state index in [1.165, 1.54) is 48.9 Å². The van der Waals surface area contributed by atoms with Gasteiger partial charge in [0.25, 0.3) is 15.9 Å². The summed E-state index contributed by atoms with van der Waals surface area (Å²) in [6.45, 7) is 1.68. The molecule has 1 amide bonds. The summed E-state index contributed by atoms with van der Waals surface area (Å²) in [5.41, 5.74) is 3.06. The number of aryl methyl sites for hydroxylation is 1. The zero-order valence-electron chi connectivity index (χ0n) is 13.4. The Morgan fingerprint density at radius 1 is 1.20 bits per heavy atom. The molecule has 0 bridgehead atoms. The second kappa shape index (κ2) is 6.19. The molecule has 0 radical (unpaired) electrons. The average molecular weight is 361 g/mol. The molecule has 8 nitrogen and oxygen atoms in total. The number of hydroxylamine groups is 1. The van der Waals surface area contributed by atoms with Crippen molar-refractivity contribution in [3.63, 3.8) is 0 Å². The quantitative estimate of drug-likeness (QED) is 0.543. The molecule has 0 aliphatic rings. The van der Waals surface area contributed by atoms with E-state index in [0.29, 0.717) is 22.7 Å². The lowest BCUT2D eigenvalue weighted by atomic mass is 10.2. The molecule has 9 heteroatoms. The van der Waals surface area contributed by atoms with Crippen LogP contribution in [0.4, 0.5) is 5.69 Å². The molecule has 2 N–H and O–H groups in total. The van der Waals surface area contributed by atoms with Crippen LogP contribution in [-0.2, 0) is 10.0 Å². The summed E-state index contributed by atoms with van der Waals surface area (Å²) >= 11 is 0. The second-order valence-corrected chi connectivity index (χ2v) is 7.29. The van der Waals surface area contributed by atoms with Gasteiger partial charge < -0.3 is 4.42 Å². The third-order valence-electron chi connectivity index (χ3n) is 3.72. The van der Waals surface area contributed by atoms with Crippen molar-refractivity contribution in [2.24, 2.45) is 0 Å². The van der Waals surface area contributed by atoms with E-state index >= 15 is 0 Å². The molecule has 1 aromatic heterocycles. The first-order chi connectivity index (χ1) is 11.8. The highest BCUT2D eigenvalue weighted by molar-refractivity contribution is 7.92. The van der Waals surface area contributed by atoms with Crippen molar-refractivity contribution in [1.29, 1.82) is 0 Å². The van der Waals surface area contributed by atoms with Gasteiger partial charge in [0, 0.05) is 25.6 Å². The number of benzene rings is 2. The minimum absolute atomic E-state index is 0.0656. The van der Waals surface area contributed by atoms with Crippen LogP contribution in [0, 0.1) is 6.92 Å². The van der Waals surface area contributed by atoms with E-state index in [2.05, 4.69) is 4.98 Å². The van der Waals surface area contributed by atoms with Gasteiger partial charge in [-0.25, -0.2) is 18.9 Å². The minimum Gasteiger partial charge on any atom is -0.441 e. The Morgan fingerprint density at radius 2 is 1.88 bits per heavy atom. The Bertz CT molecular complexity index is 1040. The number of amides is 1. The number of rotatable bonds is 4. The van der Waals surface area contributed by atoms with E-state index in [9.17, 15) is 13.2 Å². The summed E-state index contributed by atoms with van der Waals surface area (Å²) in [6, 6.07) is 10.2. The van der Waals surface area contributed by atoms with Crippen molar-refractivity contribution in [1.82, 2.24) is 10.5 Å². The lowest BCUT2D eigenvalue weighted by molar-refractivity contribution is 0.0706. The predicted octanol–water partition coefficient (Wildman–Crippen LogP) is 2.08. The van der Waals surface area contributed by atoms with Crippen LogP contribution in [-0.4, -0.2) is 31.6 Å². The van der Waals surface area contributed by atoms with Crippen LogP contribution in [0.15, 0.2) is 51.8 Å². The average Bonchev–Trinajstić information content (AvgIpc) is 2.99. The van der Waals surface area contributed by atoms with Gasteiger partial charge in [-0.05, 0) is 36.4 Å². The van der Waals surface area contributed by atoms with Crippen LogP contribution in [0.5, 0.6) is 0 Å². The maximum absolute atomic E-state index is 12.8. The molecule has 1 heterocycles. The molecule has 130 valence electrons. The highest BCUT2D eigenvalue weighted by atomic mass is 32.2. The number of carbonyl (C=O) groups is 1. The molecule has 0 fully saturated rings. The van der Waals surface area contributed by atoms with Crippen LogP contribution in [0.2, 0.25) is 0 Å². The predicted molar refractivity (Wildman–Crippen MR) is 90.0 cm³/mol. The number of hydrogen-bond acceptors (Lipinski definition) is 6. The van der Waals surface area contributed by atoms with Gasteiger partial charge in [-0.1, -0.05) is 0 Å². The standard InChI is InChI=1S/C16H15N3O5S/c1-10-17-14-8-7-13(9-15(14)24-10)25(22,23)19(2)12-5-3-11(4-6-12)16(20)18-21/h3-9,21H,1-2H3,(H,18,20). The maximum atomic E-state index is 12.8. The van der Waals surface area contributed by atoms with E-state index in [4.69, 9.17) is 9.62 Å². The number of nitrogens with zero attached hydrogens (tertiary/aromatic N) is 2. The molecular weight excluding hydrogens is 346 g/mol. The SMILES string of the molecule is Cc1nc2ccc(S(=O)(=O)N(C)c3ccc(C(=O)NO)cc3)cc2o1. The number of oxazole rings is 1. The molecule has 25 heavy (non-hydrogen) atoms. The minimum atomic E-state index is -3.82. The van der Waals surface area contributed by atoms with Crippen molar-refractivity contribution in [2.75, 3.05) is 11.4 Å². The topological polar surface area (TPSA) is 113 Å². The molecule has 0 spiro atoms. The fraction of sp³-hybridized carbons (Fsp3) is 0.125. The summed E-state index contributed by atoms with van der Waals surface area (Å²) in [5.74, 6) is -0.223. The third-order valence-corrected chi connectivity index (χ3v) is 5.50. The van der Waals surface area contributed by atoms with Gasteiger partial charge in [0.2, 0.25) is 0 Å². The summed E-state index contributed by atoms with van der Waals surface area (Å²) < 4.78 is 32.1. The largest absolute Gasteiger partial charge is 0.441 e. The smallest absolute Gasteiger partial charge is 0.274 e. The molecule has 0 aliphatic heterocycles. The maximum Gasteiger partial charge on any atom is 0.274 e. The second-order valence-electron chi connectivity index (χ2n) is 5.32. The van der Waals surface area contributed by atoms with Gasteiger partial charge >= 0.3 is 0 Å². The Balaban J connectivity index is 1.95. The van der Waals surface area contributed by atoms with E-state index in [1.54, 1.807) is 13.0 Å². The molecule has 0 saturated heterocycles. The van der Waals surface area contributed by atoms with Crippen molar-refractivity contribution in [3.05, 3.63) is 53.9 Å². The molecule has 0 aliphatic carbocycles. The molecule has 0 atom stereocenters. The number of aromatic nitrogens is 1. The molecular formula is C16H15N3O5S. The first-order valence-corrected chi connectivity index (χ1v) is 8.67.